The van der Waals surface area contributed by atoms with Gasteiger partial charge in [-0.3, -0.25) is 0 Å². The lowest BCUT2D eigenvalue weighted by molar-refractivity contribution is 0.419. The van der Waals surface area contributed by atoms with Crippen LogP contribution in [0, 0.1) is 5.92 Å². The van der Waals surface area contributed by atoms with E-state index in [0.717, 1.165) is 24.8 Å². The maximum atomic E-state index is 9.79. The highest BCUT2D eigenvalue weighted by molar-refractivity contribution is 5.42. The Morgan fingerprint density at radius 2 is 2.25 bits per heavy atom. The molecule has 2 heteroatoms. The fourth-order valence-corrected chi connectivity index (χ4v) is 3.25. The van der Waals surface area contributed by atoms with Gasteiger partial charge in [-0.15, -0.1) is 0 Å². The molecule has 0 radical (unpaired) electrons. The van der Waals surface area contributed by atoms with Crippen LogP contribution in [0.5, 0.6) is 5.75 Å². The van der Waals surface area contributed by atoms with Gasteiger partial charge in [0, 0.05) is 6.04 Å². The van der Waals surface area contributed by atoms with Gasteiger partial charge in [-0.25, -0.2) is 0 Å². The molecule has 0 spiro atoms. The molecule has 2 atom stereocenters. The number of nitrogens with one attached hydrogen (secondary N) is 1. The summed E-state index contributed by atoms with van der Waals surface area (Å²) in [4.78, 5) is 0. The number of phenols is 1. The molecular formula is C14H19NO. The summed E-state index contributed by atoms with van der Waals surface area (Å²) in [6.45, 7) is 1.19. The summed E-state index contributed by atoms with van der Waals surface area (Å²) in [6, 6.07) is 6.66. The van der Waals surface area contributed by atoms with E-state index in [0.29, 0.717) is 5.75 Å². The Kier molecular flexibility index (Phi) is 2.60. The molecule has 1 saturated heterocycles. The van der Waals surface area contributed by atoms with Crippen molar-refractivity contribution in [2.24, 2.45) is 5.92 Å². The SMILES string of the molecule is Oc1cccc2c1CC(CC1CCCN1)C2. The summed E-state index contributed by atoms with van der Waals surface area (Å²) in [6.07, 6.45) is 6.16. The van der Waals surface area contributed by atoms with Crippen LogP contribution in [-0.4, -0.2) is 17.7 Å². The quantitative estimate of drug-likeness (QED) is 0.796. The van der Waals surface area contributed by atoms with E-state index in [9.17, 15) is 5.11 Å². The zero-order valence-electron chi connectivity index (χ0n) is 9.58. The minimum absolute atomic E-state index is 0.499. The molecule has 86 valence electrons. The van der Waals surface area contributed by atoms with Gasteiger partial charge in [0.25, 0.3) is 0 Å². The standard InChI is InChI=1S/C14H19NO/c16-14-5-1-3-11-7-10(9-13(11)14)8-12-4-2-6-15-12/h1,3,5,10,12,15-16H,2,4,6-9H2. The summed E-state index contributed by atoms with van der Waals surface area (Å²) in [5.41, 5.74) is 2.56. The van der Waals surface area contributed by atoms with Crippen LogP contribution in [0.1, 0.15) is 30.4 Å². The first kappa shape index (κ1) is 10.2. The summed E-state index contributed by atoms with van der Waals surface area (Å²) >= 11 is 0. The number of aromatic hydroxyl groups is 1. The van der Waals surface area contributed by atoms with Crippen molar-refractivity contribution in [3.8, 4) is 5.75 Å². The molecule has 0 amide bonds. The molecule has 1 heterocycles. The number of benzene rings is 1. The average molecular weight is 217 g/mol. The second kappa shape index (κ2) is 4.10. The second-order valence-electron chi connectivity index (χ2n) is 5.22. The highest BCUT2D eigenvalue weighted by atomic mass is 16.3. The van der Waals surface area contributed by atoms with Crippen LogP contribution in [0.4, 0.5) is 0 Å². The average Bonchev–Trinajstić information content (AvgIpc) is 2.88. The molecule has 2 N–H and O–H groups in total. The van der Waals surface area contributed by atoms with Crippen molar-refractivity contribution in [1.29, 1.82) is 0 Å². The zero-order valence-corrected chi connectivity index (χ0v) is 9.58. The van der Waals surface area contributed by atoms with E-state index >= 15 is 0 Å². The van der Waals surface area contributed by atoms with Gasteiger partial charge in [-0.2, -0.15) is 0 Å². The molecule has 2 aliphatic rings. The van der Waals surface area contributed by atoms with Gasteiger partial charge in [-0.05, 0) is 61.8 Å². The molecule has 16 heavy (non-hydrogen) atoms. The fraction of sp³-hybridized carbons (Fsp3) is 0.571. The molecule has 1 aliphatic carbocycles. The second-order valence-corrected chi connectivity index (χ2v) is 5.22. The highest BCUT2D eigenvalue weighted by Gasteiger charge is 2.27. The van der Waals surface area contributed by atoms with Gasteiger partial charge in [0.1, 0.15) is 5.75 Å². The molecule has 2 unspecified atom stereocenters. The molecule has 1 aromatic carbocycles. The van der Waals surface area contributed by atoms with Crippen LogP contribution in [0.25, 0.3) is 0 Å². The predicted molar refractivity (Wildman–Crippen MR) is 64.6 cm³/mol. The van der Waals surface area contributed by atoms with E-state index in [1.165, 1.54) is 36.9 Å². The van der Waals surface area contributed by atoms with Crippen molar-refractivity contribution in [3.63, 3.8) is 0 Å². The van der Waals surface area contributed by atoms with E-state index in [1.54, 1.807) is 0 Å². The third-order valence-corrected chi connectivity index (χ3v) is 4.03. The van der Waals surface area contributed by atoms with Crippen molar-refractivity contribution >= 4 is 0 Å². The molecule has 0 bridgehead atoms. The molecular weight excluding hydrogens is 198 g/mol. The Bertz CT molecular complexity index is 382. The maximum Gasteiger partial charge on any atom is 0.119 e. The van der Waals surface area contributed by atoms with Gasteiger partial charge in [0.15, 0.2) is 0 Å². The van der Waals surface area contributed by atoms with Crippen LogP contribution in [0.15, 0.2) is 18.2 Å². The lowest BCUT2D eigenvalue weighted by Gasteiger charge is -2.15. The Labute approximate surface area is 96.7 Å². The van der Waals surface area contributed by atoms with Gasteiger partial charge in [0.05, 0.1) is 0 Å². The molecule has 1 aromatic rings. The summed E-state index contributed by atoms with van der Waals surface area (Å²) in [5.74, 6) is 1.23. The Balaban J connectivity index is 1.68. The Morgan fingerprint density at radius 3 is 3.00 bits per heavy atom. The van der Waals surface area contributed by atoms with Crippen LogP contribution in [0.2, 0.25) is 0 Å². The molecule has 2 nitrogen and oxygen atoms in total. The van der Waals surface area contributed by atoms with E-state index < -0.39 is 0 Å². The van der Waals surface area contributed by atoms with Crippen molar-refractivity contribution in [2.45, 2.75) is 38.1 Å². The van der Waals surface area contributed by atoms with Gasteiger partial charge in [-0.1, -0.05) is 12.1 Å². The molecule has 1 aliphatic heterocycles. The van der Waals surface area contributed by atoms with Crippen LogP contribution in [0.3, 0.4) is 0 Å². The third kappa shape index (κ3) is 1.82. The first-order valence-corrected chi connectivity index (χ1v) is 6.36. The molecule has 3 rings (SSSR count). The van der Waals surface area contributed by atoms with E-state index in [1.807, 2.05) is 12.1 Å². The lowest BCUT2D eigenvalue weighted by atomic mass is 9.96. The third-order valence-electron chi connectivity index (χ3n) is 4.03. The Morgan fingerprint density at radius 1 is 1.31 bits per heavy atom. The van der Waals surface area contributed by atoms with E-state index in [-0.39, 0.29) is 0 Å². The number of phenolic OH excluding ortho intramolecular Hbond substituents is 1. The van der Waals surface area contributed by atoms with Crippen LogP contribution < -0.4 is 5.32 Å². The minimum Gasteiger partial charge on any atom is -0.508 e. The predicted octanol–water partition coefficient (Wildman–Crippen LogP) is 2.25. The van der Waals surface area contributed by atoms with Gasteiger partial charge in [0.2, 0.25) is 0 Å². The molecule has 1 fully saturated rings. The normalized spacial score (nSPS) is 28.2. The van der Waals surface area contributed by atoms with Crippen molar-refractivity contribution in [3.05, 3.63) is 29.3 Å². The summed E-state index contributed by atoms with van der Waals surface area (Å²) in [5, 5.41) is 13.4. The van der Waals surface area contributed by atoms with E-state index in [4.69, 9.17) is 0 Å². The number of hydrogen-bond donors (Lipinski definition) is 2. The largest absolute Gasteiger partial charge is 0.508 e. The van der Waals surface area contributed by atoms with Crippen molar-refractivity contribution in [2.75, 3.05) is 6.54 Å². The van der Waals surface area contributed by atoms with Gasteiger partial charge < -0.3 is 10.4 Å². The monoisotopic (exact) mass is 217 g/mol. The van der Waals surface area contributed by atoms with E-state index in [2.05, 4.69) is 11.4 Å². The first-order chi connectivity index (χ1) is 7.83. The topological polar surface area (TPSA) is 32.3 Å². The highest BCUT2D eigenvalue weighted by Crippen LogP contribution is 2.35. The first-order valence-electron chi connectivity index (χ1n) is 6.36. The van der Waals surface area contributed by atoms with Crippen molar-refractivity contribution < 1.29 is 5.11 Å². The molecule has 0 aromatic heterocycles. The lowest BCUT2D eigenvalue weighted by Crippen LogP contribution is -2.24. The molecule has 0 saturated carbocycles. The number of rotatable bonds is 2. The fourth-order valence-electron chi connectivity index (χ4n) is 3.25. The maximum absolute atomic E-state index is 9.79. The van der Waals surface area contributed by atoms with Crippen molar-refractivity contribution in [1.82, 2.24) is 5.32 Å². The summed E-state index contributed by atoms with van der Waals surface area (Å²) in [7, 11) is 0. The smallest absolute Gasteiger partial charge is 0.119 e. The van der Waals surface area contributed by atoms with Gasteiger partial charge >= 0.3 is 0 Å². The van der Waals surface area contributed by atoms with Crippen LogP contribution in [-0.2, 0) is 12.8 Å². The van der Waals surface area contributed by atoms with Crippen LogP contribution >= 0.6 is 0 Å². The zero-order chi connectivity index (χ0) is 11.0. The Hall–Kier alpha value is -1.02. The number of hydrogen-bond acceptors (Lipinski definition) is 2. The number of fused-ring (bicyclic) bond motifs is 1. The summed E-state index contributed by atoms with van der Waals surface area (Å²) < 4.78 is 0. The minimum atomic E-state index is 0.499.